The number of sulfonamides is 1. The fourth-order valence-corrected chi connectivity index (χ4v) is 4.41. The second-order valence-electron chi connectivity index (χ2n) is 6.44. The minimum absolute atomic E-state index is 0.0675. The average molecular weight is 379 g/mol. The highest BCUT2D eigenvalue weighted by atomic mass is 32.2. The topological polar surface area (TPSA) is 82.4 Å². The summed E-state index contributed by atoms with van der Waals surface area (Å²) in [5.41, 5.74) is 1.13. The summed E-state index contributed by atoms with van der Waals surface area (Å²) in [7, 11) is -0.778. The second-order valence-corrected chi connectivity index (χ2v) is 8.17. The lowest BCUT2D eigenvalue weighted by atomic mass is 9.92. The maximum absolute atomic E-state index is 12.7. The maximum atomic E-state index is 12.7. The molecule has 8 heteroatoms. The van der Waals surface area contributed by atoms with Gasteiger partial charge in [0.2, 0.25) is 10.0 Å². The number of methoxy groups -OCH3 is 2. The molecule has 1 saturated carbocycles. The van der Waals surface area contributed by atoms with E-state index in [1.165, 1.54) is 26.7 Å². The molecule has 0 saturated heterocycles. The number of ether oxygens (including phenoxy) is 2. The molecule has 0 bridgehead atoms. The first-order valence-corrected chi connectivity index (χ1v) is 10.2. The van der Waals surface area contributed by atoms with E-state index in [4.69, 9.17) is 9.47 Å². The van der Waals surface area contributed by atoms with Crippen LogP contribution in [0.25, 0.3) is 0 Å². The Hall–Kier alpha value is -2.06. The Balaban J connectivity index is 1.72. The number of nitrogens with one attached hydrogen (secondary N) is 1. The van der Waals surface area contributed by atoms with Gasteiger partial charge in [0.25, 0.3) is 0 Å². The summed E-state index contributed by atoms with van der Waals surface area (Å²) in [4.78, 5) is 4.52. The molecule has 1 aliphatic carbocycles. The van der Waals surface area contributed by atoms with Gasteiger partial charge in [-0.3, -0.25) is 0 Å². The van der Waals surface area contributed by atoms with Crippen LogP contribution < -0.4 is 14.2 Å². The number of nitrogens with zero attached hydrogens (tertiary/aromatic N) is 2. The monoisotopic (exact) mass is 379 g/mol. The zero-order valence-corrected chi connectivity index (χ0v) is 16.2. The van der Waals surface area contributed by atoms with Gasteiger partial charge < -0.3 is 14.0 Å². The Morgan fingerprint density at radius 1 is 1.27 bits per heavy atom. The van der Waals surface area contributed by atoms with Gasteiger partial charge in [-0.1, -0.05) is 0 Å². The van der Waals surface area contributed by atoms with Crippen LogP contribution in [0.15, 0.2) is 29.3 Å². The highest BCUT2D eigenvalue weighted by molar-refractivity contribution is 7.89. The maximum Gasteiger partial charge on any atom is 0.244 e. The van der Waals surface area contributed by atoms with E-state index in [1.807, 2.05) is 13.1 Å². The van der Waals surface area contributed by atoms with E-state index in [-0.39, 0.29) is 17.2 Å². The van der Waals surface area contributed by atoms with Gasteiger partial charge in [-0.05, 0) is 38.3 Å². The largest absolute Gasteiger partial charge is 0.497 e. The van der Waals surface area contributed by atoms with Gasteiger partial charge in [-0.2, -0.15) is 0 Å². The van der Waals surface area contributed by atoms with Crippen molar-refractivity contribution in [2.75, 3.05) is 20.8 Å². The van der Waals surface area contributed by atoms with Crippen molar-refractivity contribution in [1.29, 1.82) is 0 Å². The molecule has 2 aromatic rings. The summed E-state index contributed by atoms with van der Waals surface area (Å²) in [6, 6.07) is 5.21. The van der Waals surface area contributed by atoms with Crippen LogP contribution in [0.5, 0.6) is 11.5 Å². The molecule has 26 heavy (non-hydrogen) atoms. The fraction of sp³-hybridized carbons (Fsp3) is 0.500. The van der Waals surface area contributed by atoms with Crippen molar-refractivity contribution >= 4 is 10.0 Å². The first-order chi connectivity index (χ1) is 12.5. The second kappa shape index (κ2) is 7.67. The molecule has 0 spiro atoms. The predicted molar refractivity (Wildman–Crippen MR) is 98.3 cm³/mol. The normalized spacial score (nSPS) is 14.9. The molecule has 7 nitrogen and oxygen atoms in total. The molecule has 0 amide bonds. The molecular weight excluding hydrogens is 354 g/mol. The molecule has 1 heterocycles. The van der Waals surface area contributed by atoms with Crippen LogP contribution in [0.1, 0.15) is 36.8 Å². The van der Waals surface area contributed by atoms with E-state index < -0.39 is 10.0 Å². The van der Waals surface area contributed by atoms with E-state index in [0.29, 0.717) is 18.2 Å². The van der Waals surface area contributed by atoms with Crippen LogP contribution in [-0.2, 0) is 16.4 Å². The Morgan fingerprint density at radius 3 is 2.65 bits per heavy atom. The zero-order chi connectivity index (χ0) is 18.7. The van der Waals surface area contributed by atoms with Gasteiger partial charge in [0.1, 0.15) is 22.2 Å². The van der Waals surface area contributed by atoms with E-state index in [1.54, 1.807) is 12.1 Å². The van der Waals surface area contributed by atoms with Crippen molar-refractivity contribution in [2.45, 2.75) is 43.5 Å². The van der Waals surface area contributed by atoms with E-state index >= 15 is 0 Å². The number of aryl methyl sites for hydroxylation is 1. The summed E-state index contributed by atoms with van der Waals surface area (Å²) < 4.78 is 40.6. The molecule has 0 unspecified atom stereocenters. The SMILES string of the molecule is COc1ccc(OC)c(S(=O)(=O)NCCc2ncc(C)n2C2CCC2)c1. The van der Waals surface area contributed by atoms with Gasteiger partial charge >= 0.3 is 0 Å². The Labute approximate surface area is 154 Å². The van der Waals surface area contributed by atoms with Gasteiger partial charge in [0.05, 0.1) is 14.2 Å². The Bertz CT molecular complexity index is 873. The lowest BCUT2D eigenvalue weighted by Crippen LogP contribution is -2.28. The third-order valence-corrected chi connectivity index (χ3v) is 6.28. The highest BCUT2D eigenvalue weighted by Gasteiger charge is 2.24. The van der Waals surface area contributed by atoms with Crippen LogP contribution in [-0.4, -0.2) is 38.7 Å². The fourth-order valence-electron chi connectivity index (χ4n) is 3.19. The number of hydrogen-bond donors (Lipinski definition) is 1. The van der Waals surface area contributed by atoms with Crippen molar-refractivity contribution in [1.82, 2.24) is 14.3 Å². The van der Waals surface area contributed by atoms with Gasteiger partial charge in [0.15, 0.2) is 0 Å². The Kier molecular flexibility index (Phi) is 5.52. The predicted octanol–water partition coefficient (Wildman–Crippen LogP) is 2.45. The quantitative estimate of drug-likeness (QED) is 0.762. The highest BCUT2D eigenvalue weighted by Crippen LogP contribution is 2.33. The third kappa shape index (κ3) is 3.71. The molecule has 1 fully saturated rings. The van der Waals surface area contributed by atoms with Gasteiger partial charge in [-0.15, -0.1) is 0 Å². The van der Waals surface area contributed by atoms with Crippen LogP contribution in [0.2, 0.25) is 0 Å². The zero-order valence-electron chi connectivity index (χ0n) is 15.4. The van der Waals surface area contributed by atoms with Gasteiger partial charge in [-0.25, -0.2) is 18.1 Å². The van der Waals surface area contributed by atoms with Crippen LogP contribution >= 0.6 is 0 Å². The van der Waals surface area contributed by atoms with Crippen molar-refractivity contribution in [3.63, 3.8) is 0 Å². The van der Waals surface area contributed by atoms with Crippen molar-refractivity contribution in [3.8, 4) is 11.5 Å². The molecule has 3 rings (SSSR count). The minimum Gasteiger partial charge on any atom is -0.497 e. The van der Waals surface area contributed by atoms with Crippen molar-refractivity contribution in [3.05, 3.63) is 35.9 Å². The summed E-state index contributed by atoms with van der Waals surface area (Å²) in [5.74, 6) is 1.67. The number of benzene rings is 1. The number of rotatable bonds is 8. The van der Waals surface area contributed by atoms with E-state index in [9.17, 15) is 8.42 Å². The number of imidazole rings is 1. The molecule has 1 aromatic heterocycles. The molecule has 0 radical (unpaired) electrons. The molecular formula is C18H25N3O4S. The van der Waals surface area contributed by atoms with Crippen molar-refractivity contribution < 1.29 is 17.9 Å². The summed E-state index contributed by atoms with van der Waals surface area (Å²) in [6.45, 7) is 2.31. The molecule has 1 aromatic carbocycles. The minimum atomic E-state index is -3.72. The lowest BCUT2D eigenvalue weighted by Gasteiger charge is -2.29. The molecule has 0 aliphatic heterocycles. The van der Waals surface area contributed by atoms with Crippen molar-refractivity contribution in [2.24, 2.45) is 0 Å². The number of aromatic nitrogens is 2. The molecule has 142 valence electrons. The van der Waals surface area contributed by atoms with Crippen LogP contribution in [0, 0.1) is 6.92 Å². The molecule has 1 aliphatic rings. The summed E-state index contributed by atoms with van der Waals surface area (Å²) in [5, 5.41) is 0. The van der Waals surface area contributed by atoms with Crippen LogP contribution in [0.4, 0.5) is 0 Å². The molecule has 1 N–H and O–H groups in total. The first-order valence-electron chi connectivity index (χ1n) is 8.70. The standard InChI is InChI=1S/C18H25N3O4S/c1-13-12-19-18(21(13)14-5-4-6-14)9-10-20-26(22,23)17-11-15(24-2)7-8-16(17)25-3/h7-8,11-12,14,20H,4-6,9-10H2,1-3H3. The number of hydrogen-bond acceptors (Lipinski definition) is 5. The first kappa shape index (κ1) is 18.7. The van der Waals surface area contributed by atoms with E-state index in [0.717, 1.165) is 24.4 Å². The van der Waals surface area contributed by atoms with E-state index in [2.05, 4.69) is 14.3 Å². The Morgan fingerprint density at radius 2 is 2.04 bits per heavy atom. The molecule has 0 atom stereocenters. The lowest BCUT2D eigenvalue weighted by molar-refractivity contribution is 0.302. The third-order valence-electron chi connectivity index (χ3n) is 4.80. The smallest absolute Gasteiger partial charge is 0.244 e. The van der Waals surface area contributed by atoms with Gasteiger partial charge in [0, 0.05) is 37.0 Å². The summed E-state index contributed by atoms with van der Waals surface area (Å²) in [6.07, 6.45) is 5.96. The average Bonchev–Trinajstić information content (AvgIpc) is 2.93. The van der Waals surface area contributed by atoms with Crippen LogP contribution in [0.3, 0.4) is 0 Å². The summed E-state index contributed by atoms with van der Waals surface area (Å²) >= 11 is 0.